The second-order valence-corrected chi connectivity index (χ2v) is 25.1. The van der Waals surface area contributed by atoms with Crippen molar-refractivity contribution in [3.8, 4) is 0 Å². The molecule has 3 atom stereocenters. The van der Waals surface area contributed by atoms with Crippen molar-refractivity contribution < 1.29 is 23.1 Å². The van der Waals surface area contributed by atoms with E-state index in [2.05, 4.69) is 99.6 Å². The molecule has 1 aliphatic heterocycles. The highest BCUT2D eigenvalue weighted by atomic mass is 79.9. The molecule has 1 aliphatic rings. The topological polar surface area (TPSA) is 54.0 Å². The lowest BCUT2D eigenvalue weighted by Gasteiger charge is -2.42. The second-order valence-electron chi connectivity index (χ2n) is 11.8. The second kappa shape index (κ2) is 10.1. The first kappa shape index (κ1) is 29.2. The van der Waals surface area contributed by atoms with Gasteiger partial charge in [0.05, 0.1) is 12.2 Å². The molecular weight excluding hydrogens is 584 g/mol. The van der Waals surface area contributed by atoms with Crippen LogP contribution in [0.15, 0.2) is 30.3 Å². The fourth-order valence-electron chi connectivity index (χ4n) is 2.83. The first-order valence-corrected chi connectivity index (χ1v) is 18.8. The third-order valence-electron chi connectivity index (χ3n) is 7.20. The Balaban J connectivity index is 2.31. The summed E-state index contributed by atoms with van der Waals surface area (Å²) >= 11 is 7.53. The van der Waals surface area contributed by atoms with Gasteiger partial charge in [-0.05, 0) is 48.4 Å². The molecule has 0 amide bonds. The van der Waals surface area contributed by atoms with Crippen LogP contribution in [0.5, 0.6) is 0 Å². The van der Waals surface area contributed by atoms with Crippen LogP contribution in [0.1, 0.15) is 51.9 Å². The van der Waals surface area contributed by atoms with Gasteiger partial charge in [-0.15, -0.1) is 0 Å². The minimum Gasteiger partial charge on any atom is -0.429 e. The van der Waals surface area contributed by atoms with E-state index in [9.17, 15) is 4.79 Å². The quantitative estimate of drug-likeness (QED) is 0.179. The molecule has 0 aliphatic carbocycles. The minimum absolute atomic E-state index is 0.00667. The van der Waals surface area contributed by atoms with Crippen LogP contribution in [-0.4, -0.2) is 50.9 Å². The molecule has 0 spiro atoms. The van der Waals surface area contributed by atoms with Crippen LogP contribution in [0.3, 0.4) is 0 Å². The van der Waals surface area contributed by atoms with Gasteiger partial charge in [-0.1, -0.05) is 91.6 Å². The number of carbonyl (C=O) groups excluding carboxylic acids is 1. The van der Waals surface area contributed by atoms with E-state index in [1.54, 1.807) is 24.3 Å². The molecule has 0 radical (unpaired) electrons. The van der Waals surface area contributed by atoms with Crippen LogP contribution in [0.2, 0.25) is 36.3 Å². The number of esters is 1. The van der Waals surface area contributed by atoms with E-state index in [1.165, 1.54) is 0 Å². The summed E-state index contributed by atoms with van der Waals surface area (Å²) in [7, 11) is -4.18. The van der Waals surface area contributed by atoms with Crippen molar-refractivity contribution in [3.05, 3.63) is 35.9 Å². The maximum atomic E-state index is 12.8. The van der Waals surface area contributed by atoms with Gasteiger partial charge in [-0.25, -0.2) is 4.79 Å². The summed E-state index contributed by atoms with van der Waals surface area (Å²) < 4.78 is 24.5. The molecule has 1 heterocycles. The molecule has 188 valence electrons. The van der Waals surface area contributed by atoms with Gasteiger partial charge in [0.2, 0.25) is 6.29 Å². The minimum atomic E-state index is -2.17. The highest BCUT2D eigenvalue weighted by Gasteiger charge is 2.59. The Hall–Kier alpha value is -0.0362. The smallest absolute Gasteiger partial charge is 0.340 e. The monoisotopic (exact) mass is 622 g/mol. The number of carbonyl (C=O) groups is 1. The zero-order valence-corrected chi connectivity index (χ0v) is 26.8. The third-order valence-corrected chi connectivity index (χ3v) is 17.8. The van der Waals surface area contributed by atoms with Crippen LogP contribution in [0.4, 0.5) is 0 Å². The summed E-state index contributed by atoms with van der Waals surface area (Å²) in [5, 5.41) is 0.0766. The van der Waals surface area contributed by atoms with Crippen LogP contribution < -0.4 is 0 Å². The van der Waals surface area contributed by atoms with Gasteiger partial charge >= 0.3 is 5.97 Å². The van der Waals surface area contributed by atoms with E-state index < -0.39 is 44.3 Å². The van der Waals surface area contributed by atoms with Gasteiger partial charge in [-0.3, -0.25) is 0 Å². The average Bonchev–Trinajstić information content (AvgIpc) is 2.89. The normalized spacial score (nSPS) is 24.1. The Morgan fingerprint density at radius 1 is 0.970 bits per heavy atom. The van der Waals surface area contributed by atoms with Crippen molar-refractivity contribution in [1.82, 2.24) is 0 Å². The first-order chi connectivity index (χ1) is 14.8. The van der Waals surface area contributed by atoms with Gasteiger partial charge in [0.1, 0.15) is 12.2 Å². The van der Waals surface area contributed by atoms with Crippen LogP contribution >= 0.6 is 31.9 Å². The number of halogens is 2. The van der Waals surface area contributed by atoms with Crippen LogP contribution in [-0.2, 0) is 18.3 Å². The van der Waals surface area contributed by atoms with Gasteiger partial charge in [0.15, 0.2) is 19.9 Å². The summed E-state index contributed by atoms with van der Waals surface area (Å²) in [6.45, 7) is 22.5. The number of ether oxygens (including phenoxy) is 2. The van der Waals surface area contributed by atoms with Crippen molar-refractivity contribution in [2.45, 2.75) is 99.5 Å². The molecule has 1 saturated heterocycles. The highest BCUT2D eigenvalue weighted by molar-refractivity contribution is 9.25. The van der Waals surface area contributed by atoms with Gasteiger partial charge < -0.3 is 18.3 Å². The maximum absolute atomic E-state index is 12.8. The highest BCUT2D eigenvalue weighted by Crippen LogP contribution is 2.50. The molecule has 0 N–H and O–H groups in total. The number of hydrogen-bond acceptors (Lipinski definition) is 5. The molecule has 1 aromatic carbocycles. The molecule has 2 rings (SSSR count). The number of alkyl halides is 2. The van der Waals surface area contributed by atoms with E-state index in [1.807, 2.05) is 6.07 Å². The summed E-state index contributed by atoms with van der Waals surface area (Å²) in [5.41, 5.74) is 0.472. The molecule has 5 nitrogen and oxygen atoms in total. The van der Waals surface area contributed by atoms with E-state index in [0.29, 0.717) is 12.2 Å². The lowest BCUT2D eigenvalue weighted by molar-refractivity contribution is -0.113. The summed E-state index contributed by atoms with van der Waals surface area (Å²) in [6, 6.07) is 8.92. The molecule has 3 unspecified atom stereocenters. The zero-order chi connectivity index (χ0) is 25.5. The molecular formula is C24H40Br2O5Si2. The van der Waals surface area contributed by atoms with Crippen LogP contribution in [0, 0.1) is 0 Å². The number of hydrogen-bond donors (Lipinski definition) is 0. The summed E-state index contributed by atoms with van der Waals surface area (Å²) in [4.78, 5) is 12.8. The predicted octanol–water partition coefficient (Wildman–Crippen LogP) is 7.47. The standard InChI is InChI=1S/C24H40Br2O5Si2/c1-22(2,3)32(7,8)28-16-18-19(31-33(9,10)23(4,5)6)24(25,26)21(29-18)30-20(27)17-14-12-11-13-15-17/h11-15,18-19,21H,16H2,1-10H3. The Morgan fingerprint density at radius 3 is 1.97 bits per heavy atom. The molecule has 33 heavy (non-hydrogen) atoms. The molecule has 9 heteroatoms. The Bertz CT molecular complexity index is 816. The molecule has 1 fully saturated rings. The fourth-order valence-corrected chi connectivity index (χ4v) is 6.70. The lowest BCUT2D eigenvalue weighted by atomic mass is 10.2. The van der Waals surface area contributed by atoms with E-state index >= 15 is 0 Å². The third kappa shape index (κ3) is 6.80. The van der Waals surface area contributed by atoms with E-state index in [4.69, 9.17) is 18.3 Å². The summed E-state index contributed by atoms with van der Waals surface area (Å²) in [6.07, 6.45) is -1.69. The van der Waals surface area contributed by atoms with Crippen molar-refractivity contribution in [3.63, 3.8) is 0 Å². The SMILES string of the molecule is CC(C)(C)[Si](C)(C)OCC1OC(OC(=O)c2ccccc2)C(Br)(Br)C1O[Si](C)(C)C(C)(C)C. The molecule has 0 saturated carbocycles. The van der Waals surface area contributed by atoms with Crippen molar-refractivity contribution >= 4 is 54.5 Å². The van der Waals surface area contributed by atoms with Gasteiger partial charge in [0.25, 0.3) is 0 Å². The van der Waals surface area contributed by atoms with Gasteiger partial charge in [-0.2, -0.15) is 0 Å². The summed E-state index contributed by atoms with van der Waals surface area (Å²) in [5.74, 6) is -0.444. The molecule has 0 aromatic heterocycles. The van der Waals surface area contributed by atoms with Crippen molar-refractivity contribution in [1.29, 1.82) is 0 Å². The van der Waals surface area contributed by atoms with Crippen molar-refractivity contribution in [2.24, 2.45) is 0 Å². The van der Waals surface area contributed by atoms with E-state index in [-0.39, 0.29) is 10.1 Å². The Labute approximate surface area is 218 Å². The molecule has 0 bridgehead atoms. The maximum Gasteiger partial charge on any atom is 0.340 e. The van der Waals surface area contributed by atoms with Crippen molar-refractivity contribution in [2.75, 3.05) is 6.61 Å². The average molecular weight is 625 g/mol. The van der Waals surface area contributed by atoms with Crippen LogP contribution in [0.25, 0.3) is 0 Å². The zero-order valence-electron chi connectivity index (χ0n) is 21.6. The predicted molar refractivity (Wildman–Crippen MR) is 146 cm³/mol. The lowest BCUT2D eigenvalue weighted by Crippen LogP contribution is -2.52. The Morgan fingerprint density at radius 2 is 1.48 bits per heavy atom. The molecule has 1 aromatic rings. The number of benzene rings is 1. The largest absolute Gasteiger partial charge is 0.429 e. The number of rotatable bonds is 7. The van der Waals surface area contributed by atoms with E-state index in [0.717, 1.165) is 0 Å². The Kier molecular flexibility index (Phi) is 8.97. The fraction of sp³-hybridized carbons (Fsp3) is 0.708. The first-order valence-electron chi connectivity index (χ1n) is 11.4. The van der Waals surface area contributed by atoms with Gasteiger partial charge in [0, 0.05) is 0 Å².